The van der Waals surface area contributed by atoms with Gasteiger partial charge in [-0.05, 0) is 31.0 Å². The van der Waals surface area contributed by atoms with Gasteiger partial charge in [0.1, 0.15) is 0 Å². The smallest absolute Gasteiger partial charge is 0.397 e. The first-order valence-corrected chi connectivity index (χ1v) is 4.90. The number of likely N-dealkylation sites (N-methyl/N-ethyl adjacent to an activating group) is 1. The highest BCUT2D eigenvalue weighted by Gasteiger charge is 2.21. The van der Waals surface area contributed by atoms with Gasteiger partial charge in [-0.15, -0.1) is 0 Å². The number of carbonyl (C=O) groups excluding carboxylic acids is 2. The highest BCUT2D eigenvalue weighted by atomic mass is 16.5. The number of rotatable bonds is 1. The average Bonchev–Trinajstić information content (AvgIpc) is 2.29. The van der Waals surface area contributed by atoms with Crippen molar-refractivity contribution in [3.05, 3.63) is 29.3 Å². The maximum atomic E-state index is 11.6. The first kappa shape index (κ1) is 12.2. The number of benzene rings is 1. The predicted octanol–water partition coefficient (Wildman–Crippen LogP) is 1.44. The summed E-state index contributed by atoms with van der Waals surface area (Å²) in [4.78, 5) is 24.0. The highest BCUT2D eigenvalue weighted by molar-refractivity contribution is 6.38. The molecule has 0 aromatic heterocycles. The SMILES string of the molecule is COC(=O)C(=O)N(C)c1cc(C)ccc1C. The van der Waals surface area contributed by atoms with Crippen LogP contribution in [0.5, 0.6) is 0 Å². The third kappa shape index (κ3) is 2.39. The fourth-order valence-corrected chi connectivity index (χ4v) is 1.41. The Balaban J connectivity index is 3.04. The Morgan fingerprint density at radius 2 is 1.88 bits per heavy atom. The van der Waals surface area contributed by atoms with Crippen molar-refractivity contribution < 1.29 is 14.3 Å². The fraction of sp³-hybridized carbons (Fsp3) is 0.333. The van der Waals surface area contributed by atoms with E-state index in [-0.39, 0.29) is 0 Å². The van der Waals surface area contributed by atoms with Crippen LogP contribution in [0.1, 0.15) is 11.1 Å². The summed E-state index contributed by atoms with van der Waals surface area (Å²) in [6, 6.07) is 5.72. The summed E-state index contributed by atoms with van der Waals surface area (Å²) < 4.78 is 4.39. The molecule has 0 unspecified atom stereocenters. The van der Waals surface area contributed by atoms with Crippen molar-refractivity contribution in [2.45, 2.75) is 13.8 Å². The van der Waals surface area contributed by atoms with E-state index in [9.17, 15) is 9.59 Å². The van der Waals surface area contributed by atoms with Crippen molar-refractivity contribution in [3.63, 3.8) is 0 Å². The van der Waals surface area contributed by atoms with Crippen LogP contribution in [-0.4, -0.2) is 26.0 Å². The molecular formula is C12H15NO3. The van der Waals surface area contributed by atoms with Crippen LogP contribution in [0, 0.1) is 13.8 Å². The highest BCUT2D eigenvalue weighted by Crippen LogP contribution is 2.20. The Hall–Kier alpha value is -1.84. The zero-order chi connectivity index (χ0) is 12.3. The number of methoxy groups -OCH3 is 1. The van der Waals surface area contributed by atoms with Gasteiger partial charge in [0.2, 0.25) is 0 Å². The lowest BCUT2D eigenvalue weighted by atomic mass is 10.1. The summed E-state index contributed by atoms with van der Waals surface area (Å²) in [5.74, 6) is -1.53. The molecule has 1 rings (SSSR count). The molecule has 0 saturated carbocycles. The molecule has 1 aromatic rings. The second kappa shape index (κ2) is 4.79. The summed E-state index contributed by atoms with van der Waals surface area (Å²) in [6.07, 6.45) is 0. The molecule has 1 amide bonds. The number of amides is 1. The number of esters is 1. The Morgan fingerprint density at radius 3 is 2.44 bits per heavy atom. The lowest BCUT2D eigenvalue weighted by Crippen LogP contribution is -2.34. The average molecular weight is 221 g/mol. The summed E-state index contributed by atoms with van der Waals surface area (Å²) in [5, 5.41) is 0. The van der Waals surface area contributed by atoms with E-state index in [4.69, 9.17) is 0 Å². The van der Waals surface area contributed by atoms with Crippen molar-refractivity contribution in [3.8, 4) is 0 Å². The van der Waals surface area contributed by atoms with E-state index in [0.717, 1.165) is 16.8 Å². The van der Waals surface area contributed by atoms with E-state index in [1.54, 1.807) is 7.05 Å². The molecule has 0 atom stereocenters. The zero-order valence-electron chi connectivity index (χ0n) is 9.90. The standard InChI is InChI=1S/C12H15NO3/c1-8-5-6-9(2)10(7-8)13(3)11(14)12(15)16-4/h5-7H,1-4H3. The lowest BCUT2D eigenvalue weighted by molar-refractivity contribution is -0.151. The summed E-state index contributed by atoms with van der Waals surface area (Å²) >= 11 is 0. The molecule has 16 heavy (non-hydrogen) atoms. The number of carbonyl (C=O) groups is 2. The third-order valence-electron chi connectivity index (χ3n) is 2.39. The number of hydrogen-bond donors (Lipinski definition) is 0. The quantitative estimate of drug-likeness (QED) is 0.532. The summed E-state index contributed by atoms with van der Waals surface area (Å²) in [5.41, 5.74) is 2.69. The van der Waals surface area contributed by atoms with Gasteiger partial charge in [0.05, 0.1) is 7.11 Å². The van der Waals surface area contributed by atoms with Gasteiger partial charge in [-0.25, -0.2) is 4.79 Å². The molecule has 0 bridgehead atoms. The molecule has 0 radical (unpaired) electrons. The minimum absolute atomic E-state index is 0.670. The topological polar surface area (TPSA) is 46.6 Å². The minimum atomic E-state index is -0.858. The molecule has 0 aliphatic carbocycles. The van der Waals surface area contributed by atoms with E-state index in [1.807, 2.05) is 32.0 Å². The van der Waals surface area contributed by atoms with E-state index < -0.39 is 11.9 Å². The van der Waals surface area contributed by atoms with E-state index >= 15 is 0 Å². The second-order valence-corrected chi connectivity index (χ2v) is 3.65. The second-order valence-electron chi connectivity index (χ2n) is 3.65. The van der Waals surface area contributed by atoms with Crippen molar-refractivity contribution in [1.29, 1.82) is 0 Å². The van der Waals surface area contributed by atoms with E-state index in [2.05, 4.69) is 4.74 Å². The van der Waals surface area contributed by atoms with Crippen LogP contribution in [0.4, 0.5) is 5.69 Å². The number of ether oxygens (including phenoxy) is 1. The minimum Gasteiger partial charge on any atom is -0.462 e. The zero-order valence-corrected chi connectivity index (χ0v) is 9.90. The lowest BCUT2D eigenvalue weighted by Gasteiger charge is -2.18. The predicted molar refractivity (Wildman–Crippen MR) is 61.3 cm³/mol. The Bertz CT molecular complexity index is 426. The third-order valence-corrected chi connectivity index (χ3v) is 2.39. The molecule has 0 heterocycles. The van der Waals surface area contributed by atoms with Gasteiger partial charge in [0.15, 0.2) is 0 Å². The van der Waals surface area contributed by atoms with Crippen molar-refractivity contribution in [2.24, 2.45) is 0 Å². The Labute approximate surface area is 94.8 Å². The van der Waals surface area contributed by atoms with Gasteiger partial charge < -0.3 is 9.64 Å². The van der Waals surface area contributed by atoms with Gasteiger partial charge in [-0.3, -0.25) is 4.79 Å². The molecule has 0 spiro atoms. The molecular weight excluding hydrogens is 206 g/mol. The maximum Gasteiger partial charge on any atom is 0.397 e. The molecule has 4 nitrogen and oxygen atoms in total. The number of nitrogens with zero attached hydrogens (tertiary/aromatic N) is 1. The maximum absolute atomic E-state index is 11.6. The first-order chi connectivity index (χ1) is 7.47. The molecule has 4 heteroatoms. The number of anilines is 1. The van der Waals surface area contributed by atoms with Gasteiger partial charge >= 0.3 is 11.9 Å². The normalized spacial score (nSPS) is 9.75. The van der Waals surface area contributed by atoms with Crippen LogP contribution < -0.4 is 4.90 Å². The van der Waals surface area contributed by atoms with Crippen LogP contribution >= 0.6 is 0 Å². The van der Waals surface area contributed by atoms with Crippen molar-refractivity contribution >= 4 is 17.6 Å². The van der Waals surface area contributed by atoms with Gasteiger partial charge in [0.25, 0.3) is 0 Å². The molecule has 0 aliphatic heterocycles. The summed E-state index contributed by atoms with van der Waals surface area (Å²) in [7, 11) is 2.75. The molecule has 0 aliphatic rings. The van der Waals surface area contributed by atoms with E-state index in [0.29, 0.717) is 0 Å². The van der Waals surface area contributed by atoms with Crippen molar-refractivity contribution in [1.82, 2.24) is 0 Å². The van der Waals surface area contributed by atoms with Crippen molar-refractivity contribution in [2.75, 3.05) is 19.1 Å². The van der Waals surface area contributed by atoms with Gasteiger partial charge in [0, 0.05) is 12.7 Å². The molecule has 86 valence electrons. The number of hydrogen-bond acceptors (Lipinski definition) is 3. The Morgan fingerprint density at radius 1 is 1.25 bits per heavy atom. The summed E-state index contributed by atoms with van der Waals surface area (Å²) in [6.45, 7) is 3.81. The van der Waals surface area contributed by atoms with Gasteiger partial charge in [-0.1, -0.05) is 12.1 Å². The van der Waals surface area contributed by atoms with Crippen LogP contribution in [0.25, 0.3) is 0 Å². The van der Waals surface area contributed by atoms with Crippen LogP contribution in [-0.2, 0) is 14.3 Å². The molecule has 0 N–H and O–H groups in total. The van der Waals surface area contributed by atoms with Gasteiger partial charge in [-0.2, -0.15) is 0 Å². The first-order valence-electron chi connectivity index (χ1n) is 4.90. The Kier molecular flexibility index (Phi) is 3.66. The number of aryl methyl sites for hydroxylation is 2. The molecule has 1 aromatic carbocycles. The van der Waals surface area contributed by atoms with E-state index in [1.165, 1.54) is 12.0 Å². The van der Waals surface area contributed by atoms with Crippen LogP contribution in [0.3, 0.4) is 0 Å². The fourth-order valence-electron chi connectivity index (χ4n) is 1.41. The van der Waals surface area contributed by atoms with Crippen LogP contribution in [0.15, 0.2) is 18.2 Å². The largest absolute Gasteiger partial charge is 0.462 e. The monoisotopic (exact) mass is 221 g/mol. The van der Waals surface area contributed by atoms with Crippen LogP contribution in [0.2, 0.25) is 0 Å². The molecule has 0 fully saturated rings. The molecule has 0 saturated heterocycles.